The van der Waals surface area contributed by atoms with Crippen molar-refractivity contribution in [1.82, 2.24) is 4.98 Å². The highest BCUT2D eigenvalue weighted by Crippen LogP contribution is 2.30. The van der Waals surface area contributed by atoms with Gasteiger partial charge in [-0.2, -0.15) is 0 Å². The summed E-state index contributed by atoms with van der Waals surface area (Å²) < 4.78 is 12.7. The monoisotopic (exact) mass is 547 g/mol. The van der Waals surface area contributed by atoms with Gasteiger partial charge in [0.05, 0.1) is 22.4 Å². The van der Waals surface area contributed by atoms with E-state index in [1.54, 1.807) is 0 Å². The van der Waals surface area contributed by atoms with Gasteiger partial charge in [0.1, 0.15) is 16.3 Å². The Hall–Kier alpha value is -2.66. The van der Waals surface area contributed by atoms with Gasteiger partial charge in [0, 0.05) is 11.5 Å². The molecule has 0 N–H and O–H groups in total. The number of aromatic nitrogens is 1. The number of hydrogen-bond acceptors (Lipinski definition) is 5. The second-order valence-corrected chi connectivity index (χ2v) is 11.8. The Kier molecular flexibility index (Phi) is 12.4. The van der Waals surface area contributed by atoms with Crippen LogP contribution in [-0.4, -0.2) is 11.6 Å². The first-order valence-electron chi connectivity index (χ1n) is 15.3. The third kappa shape index (κ3) is 9.49. The molecule has 0 aliphatic heterocycles. The molecule has 210 valence electrons. The van der Waals surface area contributed by atoms with Gasteiger partial charge < -0.3 is 9.15 Å². The van der Waals surface area contributed by atoms with E-state index in [2.05, 4.69) is 11.9 Å². The zero-order valence-corrected chi connectivity index (χ0v) is 24.5. The van der Waals surface area contributed by atoms with Crippen LogP contribution in [0.2, 0.25) is 0 Å². The molecule has 0 spiro atoms. The largest absolute Gasteiger partial charge is 0.493 e. The molecule has 4 nitrogen and oxygen atoms in total. The average molecular weight is 548 g/mol. The molecule has 2 aromatic carbocycles. The van der Waals surface area contributed by atoms with E-state index in [4.69, 9.17) is 9.15 Å². The highest BCUT2D eigenvalue weighted by molar-refractivity contribution is 7.21. The van der Waals surface area contributed by atoms with Gasteiger partial charge in [0.15, 0.2) is 0 Å². The number of unbranched alkanes of at least 4 members (excludes halogenated alkanes) is 15. The fraction of sp³-hybridized carbons (Fsp3) is 0.529. The predicted octanol–water partition coefficient (Wildman–Crippen LogP) is 10.7. The fourth-order valence-electron chi connectivity index (χ4n) is 5.16. The third-order valence-corrected chi connectivity index (χ3v) is 8.57. The Bertz CT molecular complexity index is 1290. The minimum absolute atomic E-state index is 0.364. The molecule has 0 unspecified atom stereocenters. The Morgan fingerprint density at radius 3 is 2.00 bits per heavy atom. The Morgan fingerprint density at radius 2 is 1.36 bits per heavy atom. The third-order valence-electron chi connectivity index (χ3n) is 7.50. The summed E-state index contributed by atoms with van der Waals surface area (Å²) in [5.74, 6) is 0.749. The predicted molar refractivity (Wildman–Crippen MR) is 166 cm³/mol. The molecule has 0 fully saturated rings. The molecule has 2 aromatic heterocycles. The SMILES string of the molecule is CCCCCCCCCCCCCCCCCCOc1ccc2cc(-c3nc4ccccc4s3)c(=O)oc2c1. The molecule has 39 heavy (non-hydrogen) atoms. The lowest BCUT2D eigenvalue weighted by Gasteiger charge is -2.07. The highest BCUT2D eigenvalue weighted by Gasteiger charge is 2.13. The van der Waals surface area contributed by atoms with Crippen LogP contribution in [0.15, 0.2) is 57.7 Å². The van der Waals surface area contributed by atoms with Crippen LogP contribution in [-0.2, 0) is 0 Å². The van der Waals surface area contributed by atoms with Gasteiger partial charge in [0.25, 0.3) is 0 Å². The lowest BCUT2D eigenvalue weighted by Crippen LogP contribution is -2.03. The van der Waals surface area contributed by atoms with Crippen molar-refractivity contribution in [2.75, 3.05) is 6.61 Å². The number of ether oxygens (including phenoxy) is 1. The van der Waals surface area contributed by atoms with Gasteiger partial charge in [-0.1, -0.05) is 115 Å². The molecule has 0 aliphatic carbocycles. The molecule has 4 aromatic rings. The van der Waals surface area contributed by atoms with Gasteiger partial charge >= 0.3 is 5.63 Å². The van der Waals surface area contributed by atoms with E-state index < -0.39 is 0 Å². The smallest absolute Gasteiger partial charge is 0.346 e. The lowest BCUT2D eigenvalue weighted by atomic mass is 10.0. The summed E-state index contributed by atoms with van der Waals surface area (Å²) in [6.45, 7) is 2.98. The summed E-state index contributed by atoms with van der Waals surface area (Å²) in [7, 11) is 0. The van der Waals surface area contributed by atoms with Crippen LogP contribution in [0.5, 0.6) is 5.75 Å². The highest BCUT2D eigenvalue weighted by atomic mass is 32.1. The van der Waals surface area contributed by atoms with E-state index in [-0.39, 0.29) is 5.63 Å². The van der Waals surface area contributed by atoms with Gasteiger partial charge in [-0.05, 0) is 36.8 Å². The second-order valence-electron chi connectivity index (χ2n) is 10.8. The summed E-state index contributed by atoms with van der Waals surface area (Å²) in [5.41, 5.74) is 1.59. The van der Waals surface area contributed by atoms with Crippen LogP contribution in [0.3, 0.4) is 0 Å². The molecule has 0 radical (unpaired) electrons. The van der Waals surface area contributed by atoms with Gasteiger partial charge in [-0.3, -0.25) is 0 Å². The maximum atomic E-state index is 12.7. The molecule has 2 heterocycles. The van der Waals surface area contributed by atoms with E-state index in [0.717, 1.165) is 27.8 Å². The number of thiazole rings is 1. The zero-order chi connectivity index (χ0) is 27.1. The van der Waals surface area contributed by atoms with Crippen LogP contribution >= 0.6 is 11.3 Å². The van der Waals surface area contributed by atoms with Crippen molar-refractivity contribution in [2.24, 2.45) is 0 Å². The molecule has 0 saturated heterocycles. The van der Waals surface area contributed by atoms with Crippen LogP contribution < -0.4 is 10.4 Å². The van der Waals surface area contributed by atoms with Crippen molar-refractivity contribution in [3.05, 3.63) is 59.0 Å². The second kappa shape index (κ2) is 16.4. The van der Waals surface area contributed by atoms with Crippen LogP contribution in [0.25, 0.3) is 31.8 Å². The number of nitrogens with zero attached hydrogens (tertiary/aromatic N) is 1. The van der Waals surface area contributed by atoms with Gasteiger partial charge in [-0.15, -0.1) is 11.3 Å². The van der Waals surface area contributed by atoms with Crippen molar-refractivity contribution in [1.29, 1.82) is 0 Å². The number of fused-ring (bicyclic) bond motifs is 2. The van der Waals surface area contributed by atoms with Crippen molar-refractivity contribution >= 4 is 32.5 Å². The summed E-state index contributed by atoms with van der Waals surface area (Å²) in [5, 5.41) is 1.56. The number of hydrogen-bond donors (Lipinski definition) is 0. The van der Waals surface area contributed by atoms with E-state index in [1.165, 1.54) is 108 Å². The fourth-order valence-corrected chi connectivity index (χ4v) is 6.13. The first-order chi connectivity index (χ1) is 19.2. The van der Waals surface area contributed by atoms with Gasteiger partial charge in [0.2, 0.25) is 0 Å². The summed E-state index contributed by atoms with van der Waals surface area (Å²) in [6, 6.07) is 15.5. The molecular formula is C34H45NO3S. The average Bonchev–Trinajstić information content (AvgIpc) is 3.38. The topological polar surface area (TPSA) is 52.3 Å². The van der Waals surface area contributed by atoms with E-state index in [0.29, 0.717) is 22.8 Å². The van der Waals surface area contributed by atoms with E-state index in [1.807, 2.05) is 48.5 Å². The van der Waals surface area contributed by atoms with Gasteiger partial charge in [-0.25, -0.2) is 9.78 Å². The van der Waals surface area contributed by atoms with E-state index in [9.17, 15) is 4.79 Å². The summed E-state index contributed by atoms with van der Waals surface area (Å²) in [6.07, 6.45) is 21.8. The van der Waals surface area contributed by atoms with E-state index >= 15 is 0 Å². The molecule has 0 amide bonds. The zero-order valence-electron chi connectivity index (χ0n) is 23.7. The Morgan fingerprint density at radius 1 is 0.744 bits per heavy atom. The molecule has 4 rings (SSSR count). The number of benzene rings is 2. The summed E-state index contributed by atoms with van der Waals surface area (Å²) >= 11 is 1.51. The maximum Gasteiger partial charge on any atom is 0.346 e. The maximum absolute atomic E-state index is 12.7. The molecular weight excluding hydrogens is 502 g/mol. The van der Waals surface area contributed by atoms with Crippen LogP contribution in [0.4, 0.5) is 0 Å². The van der Waals surface area contributed by atoms with Crippen molar-refractivity contribution in [3.63, 3.8) is 0 Å². The molecule has 0 aliphatic rings. The van der Waals surface area contributed by atoms with Crippen LogP contribution in [0.1, 0.15) is 110 Å². The lowest BCUT2D eigenvalue weighted by molar-refractivity contribution is 0.304. The van der Waals surface area contributed by atoms with Crippen molar-refractivity contribution in [3.8, 4) is 16.3 Å². The Labute approximate surface area is 237 Å². The number of para-hydroxylation sites is 1. The Balaban J connectivity index is 1.08. The minimum Gasteiger partial charge on any atom is -0.493 e. The standard InChI is InChI=1S/C34H45NO3S/c1-2-3-4-5-6-7-8-9-10-11-12-13-14-15-16-19-24-37-28-23-22-27-25-29(34(36)38-31(27)26-28)33-35-30-20-17-18-21-32(30)39-33/h17-18,20-23,25-26H,2-16,19,24H2,1H3. The number of rotatable bonds is 19. The first-order valence-corrected chi connectivity index (χ1v) is 16.1. The molecule has 0 saturated carbocycles. The molecule has 5 heteroatoms. The normalized spacial score (nSPS) is 11.5. The van der Waals surface area contributed by atoms with Crippen molar-refractivity contribution in [2.45, 2.75) is 110 Å². The van der Waals surface area contributed by atoms with Crippen LogP contribution in [0, 0.1) is 0 Å². The quantitative estimate of drug-likeness (QED) is 0.0865. The first kappa shape index (κ1) is 29.3. The molecule has 0 atom stereocenters. The summed E-state index contributed by atoms with van der Waals surface area (Å²) in [4.78, 5) is 17.3. The minimum atomic E-state index is -0.364. The molecule has 0 bridgehead atoms. The van der Waals surface area contributed by atoms with Crippen molar-refractivity contribution < 1.29 is 9.15 Å².